The normalized spacial score (nSPS) is 10.5. The van der Waals surface area contributed by atoms with E-state index in [-0.39, 0.29) is 5.82 Å². The van der Waals surface area contributed by atoms with Gasteiger partial charge in [0.25, 0.3) is 5.91 Å². The summed E-state index contributed by atoms with van der Waals surface area (Å²) >= 11 is 0. The Labute approximate surface area is 146 Å². The Morgan fingerprint density at radius 1 is 0.885 bits per heavy atom. The SMILES string of the molecule is Cc1ccccc1Nc1ccc(NC(=O)c2ccc(F)c(F)c2F)nn1. The van der Waals surface area contributed by atoms with E-state index in [4.69, 9.17) is 0 Å². The molecule has 0 aliphatic heterocycles. The fourth-order valence-electron chi connectivity index (χ4n) is 2.20. The van der Waals surface area contributed by atoms with Crippen LogP contribution in [0.5, 0.6) is 0 Å². The van der Waals surface area contributed by atoms with Crippen LogP contribution in [0.1, 0.15) is 15.9 Å². The van der Waals surface area contributed by atoms with E-state index in [1.807, 2.05) is 31.2 Å². The first-order chi connectivity index (χ1) is 12.5. The van der Waals surface area contributed by atoms with Crippen molar-refractivity contribution < 1.29 is 18.0 Å². The van der Waals surface area contributed by atoms with Crippen LogP contribution in [0.2, 0.25) is 0 Å². The lowest BCUT2D eigenvalue weighted by molar-refractivity contribution is 0.102. The van der Waals surface area contributed by atoms with Gasteiger partial charge in [-0.25, -0.2) is 13.2 Å². The molecule has 1 aromatic heterocycles. The Morgan fingerprint density at radius 2 is 1.58 bits per heavy atom. The van der Waals surface area contributed by atoms with Crippen molar-refractivity contribution in [1.82, 2.24) is 10.2 Å². The number of nitrogens with one attached hydrogen (secondary N) is 2. The number of nitrogens with zero attached hydrogens (tertiary/aromatic N) is 2. The highest BCUT2D eigenvalue weighted by molar-refractivity contribution is 6.03. The summed E-state index contributed by atoms with van der Waals surface area (Å²) in [5, 5.41) is 13.1. The van der Waals surface area contributed by atoms with Crippen LogP contribution in [0.15, 0.2) is 48.5 Å². The number of aromatic nitrogens is 2. The molecule has 1 heterocycles. The van der Waals surface area contributed by atoms with Crippen molar-refractivity contribution in [2.45, 2.75) is 6.92 Å². The summed E-state index contributed by atoms with van der Waals surface area (Å²) in [6.45, 7) is 1.93. The third-order valence-electron chi connectivity index (χ3n) is 3.59. The number of anilines is 3. The molecule has 0 atom stereocenters. The van der Waals surface area contributed by atoms with Crippen molar-refractivity contribution in [2.24, 2.45) is 0 Å². The zero-order valence-electron chi connectivity index (χ0n) is 13.6. The topological polar surface area (TPSA) is 66.9 Å². The number of para-hydroxylation sites is 1. The first-order valence-electron chi connectivity index (χ1n) is 7.57. The molecule has 0 spiro atoms. The zero-order valence-corrected chi connectivity index (χ0v) is 13.6. The molecule has 132 valence electrons. The van der Waals surface area contributed by atoms with Gasteiger partial charge in [-0.1, -0.05) is 18.2 Å². The molecule has 1 amide bonds. The van der Waals surface area contributed by atoms with Gasteiger partial charge >= 0.3 is 0 Å². The minimum Gasteiger partial charge on any atom is -0.339 e. The Kier molecular flexibility index (Phi) is 4.83. The lowest BCUT2D eigenvalue weighted by Crippen LogP contribution is -2.16. The van der Waals surface area contributed by atoms with Gasteiger partial charge in [0.05, 0.1) is 5.56 Å². The highest BCUT2D eigenvalue weighted by Crippen LogP contribution is 2.19. The van der Waals surface area contributed by atoms with E-state index in [0.29, 0.717) is 11.9 Å². The van der Waals surface area contributed by atoms with Gasteiger partial charge in [-0.15, -0.1) is 10.2 Å². The number of carbonyl (C=O) groups is 1. The van der Waals surface area contributed by atoms with E-state index >= 15 is 0 Å². The van der Waals surface area contributed by atoms with Gasteiger partial charge in [0, 0.05) is 5.69 Å². The molecule has 0 bridgehead atoms. The Morgan fingerprint density at radius 3 is 2.27 bits per heavy atom. The molecule has 3 aromatic rings. The maximum atomic E-state index is 13.6. The average Bonchev–Trinajstić information content (AvgIpc) is 2.63. The molecule has 8 heteroatoms. The first kappa shape index (κ1) is 17.4. The van der Waals surface area contributed by atoms with Crippen LogP contribution in [0.3, 0.4) is 0 Å². The van der Waals surface area contributed by atoms with Crippen molar-refractivity contribution >= 4 is 23.2 Å². The van der Waals surface area contributed by atoms with Crippen molar-refractivity contribution in [2.75, 3.05) is 10.6 Å². The molecule has 0 unspecified atom stereocenters. The molecule has 5 nitrogen and oxygen atoms in total. The standard InChI is InChI=1S/C18H13F3N4O/c1-10-4-2-3-5-13(10)22-14-8-9-15(25-24-14)23-18(26)11-6-7-12(19)17(21)16(11)20/h2-9H,1H3,(H,22,24)(H,23,25,26). The Balaban J connectivity index is 1.72. The molecule has 2 aromatic carbocycles. The Hall–Kier alpha value is -3.42. The minimum absolute atomic E-state index is 0.0365. The highest BCUT2D eigenvalue weighted by atomic mass is 19.2. The maximum absolute atomic E-state index is 13.6. The largest absolute Gasteiger partial charge is 0.339 e. The van der Waals surface area contributed by atoms with Crippen molar-refractivity contribution in [1.29, 1.82) is 0 Å². The predicted molar refractivity (Wildman–Crippen MR) is 90.8 cm³/mol. The molecular formula is C18H13F3N4O. The van der Waals surface area contributed by atoms with Crippen molar-refractivity contribution in [3.63, 3.8) is 0 Å². The third kappa shape index (κ3) is 3.64. The summed E-state index contributed by atoms with van der Waals surface area (Å²) in [4.78, 5) is 12.0. The molecule has 2 N–H and O–H groups in total. The van der Waals surface area contributed by atoms with Gasteiger partial charge in [-0.05, 0) is 42.8 Å². The van der Waals surface area contributed by atoms with Crippen LogP contribution in [0.4, 0.5) is 30.5 Å². The van der Waals surface area contributed by atoms with E-state index in [2.05, 4.69) is 20.8 Å². The van der Waals surface area contributed by atoms with Gasteiger partial charge in [-0.2, -0.15) is 0 Å². The molecule has 0 saturated heterocycles. The molecule has 26 heavy (non-hydrogen) atoms. The summed E-state index contributed by atoms with van der Waals surface area (Å²) in [5.41, 5.74) is 1.23. The van der Waals surface area contributed by atoms with E-state index in [1.165, 1.54) is 6.07 Å². The average molecular weight is 358 g/mol. The summed E-state index contributed by atoms with van der Waals surface area (Å²) < 4.78 is 39.8. The van der Waals surface area contributed by atoms with Gasteiger partial charge in [-0.3, -0.25) is 4.79 Å². The number of carbonyl (C=O) groups excluding carboxylic acids is 1. The molecule has 0 aliphatic carbocycles. The number of benzene rings is 2. The van der Waals surface area contributed by atoms with Crippen LogP contribution >= 0.6 is 0 Å². The van der Waals surface area contributed by atoms with Crippen LogP contribution in [-0.2, 0) is 0 Å². The summed E-state index contributed by atoms with van der Waals surface area (Å²) in [6.07, 6.45) is 0. The zero-order chi connectivity index (χ0) is 18.7. The lowest BCUT2D eigenvalue weighted by Gasteiger charge is -2.09. The van der Waals surface area contributed by atoms with Crippen LogP contribution in [0.25, 0.3) is 0 Å². The monoisotopic (exact) mass is 358 g/mol. The molecule has 3 rings (SSSR count). The van der Waals surface area contributed by atoms with Crippen molar-refractivity contribution in [3.05, 3.63) is 77.1 Å². The highest BCUT2D eigenvalue weighted by Gasteiger charge is 2.19. The van der Waals surface area contributed by atoms with E-state index < -0.39 is 28.9 Å². The maximum Gasteiger partial charge on any atom is 0.259 e. The number of aryl methyl sites for hydroxylation is 1. The van der Waals surface area contributed by atoms with Gasteiger partial charge in [0.15, 0.2) is 29.1 Å². The van der Waals surface area contributed by atoms with Crippen molar-refractivity contribution in [3.8, 4) is 0 Å². The summed E-state index contributed by atoms with van der Waals surface area (Å²) in [7, 11) is 0. The van der Waals surface area contributed by atoms with Gasteiger partial charge < -0.3 is 10.6 Å². The number of halogens is 3. The number of amides is 1. The first-order valence-corrected chi connectivity index (χ1v) is 7.57. The van der Waals surface area contributed by atoms with E-state index in [0.717, 1.165) is 17.3 Å². The Bertz CT molecular complexity index is 961. The fourth-order valence-corrected chi connectivity index (χ4v) is 2.20. The predicted octanol–water partition coefficient (Wildman–Crippen LogP) is 4.20. The van der Waals surface area contributed by atoms with Gasteiger partial charge in [0.1, 0.15) is 0 Å². The fraction of sp³-hybridized carbons (Fsp3) is 0.0556. The van der Waals surface area contributed by atoms with Crippen LogP contribution in [0, 0.1) is 24.4 Å². The molecule has 0 saturated carbocycles. The van der Waals surface area contributed by atoms with E-state index in [1.54, 1.807) is 6.07 Å². The minimum atomic E-state index is -1.71. The molecule has 0 radical (unpaired) electrons. The van der Waals surface area contributed by atoms with Crippen LogP contribution < -0.4 is 10.6 Å². The quantitative estimate of drug-likeness (QED) is 0.686. The second-order valence-corrected chi connectivity index (χ2v) is 5.42. The lowest BCUT2D eigenvalue weighted by atomic mass is 10.2. The second kappa shape index (κ2) is 7.22. The molecular weight excluding hydrogens is 345 g/mol. The number of rotatable bonds is 4. The summed E-state index contributed by atoms with van der Waals surface area (Å²) in [5.74, 6) is -5.12. The molecule has 0 fully saturated rings. The van der Waals surface area contributed by atoms with Gasteiger partial charge in [0.2, 0.25) is 0 Å². The van der Waals surface area contributed by atoms with Crippen LogP contribution in [-0.4, -0.2) is 16.1 Å². The number of hydrogen-bond acceptors (Lipinski definition) is 4. The summed E-state index contributed by atoms with van der Waals surface area (Å²) in [6, 6.07) is 12.1. The molecule has 0 aliphatic rings. The smallest absolute Gasteiger partial charge is 0.259 e. The third-order valence-corrected chi connectivity index (χ3v) is 3.59. The second-order valence-electron chi connectivity index (χ2n) is 5.42. The number of hydrogen-bond donors (Lipinski definition) is 2. The van der Waals surface area contributed by atoms with E-state index in [9.17, 15) is 18.0 Å².